The number of aryl methyl sites for hydroxylation is 1. The van der Waals surface area contributed by atoms with Gasteiger partial charge in [0.15, 0.2) is 0 Å². The number of hydrogen-bond acceptors (Lipinski definition) is 4. The molecule has 7 nitrogen and oxygen atoms in total. The zero-order chi connectivity index (χ0) is 21.6. The molecule has 160 valence electrons. The van der Waals surface area contributed by atoms with Crippen molar-refractivity contribution >= 4 is 22.7 Å². The summed E-state index contributed by atoms with van der Waals surface area (Å²) in [5, 5.41) is 5.40. The van der Waals surface area contributed by atoms with E-state index in [4.69, 9.17) is 5.73 Å². The summed E-state index contributed by atoms with van der Waals surface area (Å²) < 4.78 is 1.86. The van der Waals surface area contributed by atoms with Crippen LogP contribution in [0, 0.1) is 0 Å². The number of amides is 2. The highest BCUT2D eigenvalue weighted by Gasteiger charge is 2.43. The summed E-state index contributed by atoms with van der Waals surface area (Å²) in [6.07, 6.45) is 4.41. The number of benzene rings is 2. The average molecular weight is 418 g/mol. The molecule has 2 heterocycles. The van der Waals surface area contributed by atoms with Gasteiger partial charge < -0.3 is 15.5 Å². The second kappa shape index (κ2) is 7.50. The molecule has 0 radical (unpaired) electrons. The van der Waals surface area contributed by atoms with Gasteiger partial charge in [-0.25, -0.2) is 0 Å². The van der Waals surface area contributed by atoms with Crippen molar-refractivity contribution in [3.8, 4) is 11.1 Å². The Kier molecular flexibility index (Phi) is 4.78. The fourth-order valence-electron chi connectivity index (χ4n) is 4.51. The zero-order valence-electron chi connectivity index (χ0n) is 17.8. The molecule has 7 heteroatoms. The number of nitrogens with two attached hydrogens (primary N) is 1. The summed E-state index contributed by atoms with van der Waals surface area (Å²) in [6, 6.07) is 14.0. The van der Waals surface area contributed by atoms with Crippen molar-refractivity contribution in [2.24, 2.45) is 12.8 Å². The summed E-state index contributed by atoms with van der Waals surface area (Å²) in [7, 11) is 1.93. The lowest BCUT2D eigenvalue weighted by atomic mass is 9.76. The molecule has 1 saturated carbocycles. The van der Waals surface area contributed by atoms with Crippen LogP contribution in [0.5, 0.6) is 0 Å². The molecule has 2 amide bonds. The molecule has 2 fully saturated rings. The Morgan fingerprint density at radius 3 is 2.23 bits per heavy atom. The molecule has 0 unspecified atom stereocenters. The summed E-state index contributed by atoms with van der Waals surface area (Å²) in [5.41, 5.74) is 9.41. The second-order valence-corrected chi connectivity index (χ2v) is 8.71. The van der Waals surface area contributed by atoms with Crippen molar-refractivity contribution in [2.45, 2.75) is 24.8 Å². The first-order chi connectivity index (χ1) is 14.9. The van der Waals surface area contributed by atoms with Crippen LogP contribution >= 0.6 is 0 Å². The first-order valence-electron chi connectivity index (χ1n) is 10.8. The Labute approximate surface area is 181 Å². The highest BCUT2D eigenvalue weighted by Crippen LogP contribution is 2.31. The van der Waals surface area contributed by atoms with E-state index in [1.165, 1.54) is 0 Å². The molecule has 2 aliphatic rings. The number of hydrogen-bond donors (Lipinski definition) is 1. The van der Waals surface area contributed by atoms with Crippen molar-refractivity contribution in [3.63, 3.8) is 0 Å². The van der Waals surface area contributed by atoms with Crippen LogP contribution in [0.2, 0.25) is 0 Å². The molecule has 2 N–H and O–H groups in total. The quantitative estimate of drug-likeness (QED) is 0.709. The van der Waals surface area contributed by atoms with Crippen molar-refractivity contribution < 1.29 is 9.59 Å². The van der Waals surface area contributed by atoms with Crippen molar-refractivity contribution in [1.29, 1.82) is 0 Å². The number of rotatable bonds is 3. The SMILES string of the molecule is Cn1ncc2ccc(-c3ccc(C(=O)N4CCN(C(=O)C5(N)CCC5)CC4)cc3)cc21. The van der Waals surface area contributed by atoms with Crippen LogP contribution in [-0.2, 0) is 11.8 Å². The summed E-state index contributed by atoms with van der Waals surface area (Å²) in [5.74, 6) is 0.0486. The van der Waals surface area contributed by atoms with Crippen LogP contribution in [0.1, 0.15) is 29.6 Å². The summed E-state index contributed by atoms with van der Waals surface area (Å²) >= 11 is 0. The molecule has 0 spiro atoms. The van der Waals surface area contributed by atoms with E-state index in [1.54, 1.807) is 0 Å². The van der Waals surface area contributed by atoms with Gasteiger partial charge in [-0.15, -0.1) is 0 Å². The number of carbonyl (C=O) groups excluding carboxylic acids is 2. The van der Waals surface area contributed by atoms with E-state index < -0.39 is 5.54 Å². The Bertz CT molecular complexity index is 1140. The van der Waals surface area contributed by atoms with Gasteiger partial charge in [-0.3, -0.25) is 14.3 Å². The van der Waals surface area contributed by atoms with Crippen LogP contribution in [-0.4, -0.2) is 63.1 Å². The third kappa shape index (κ3) is 3.49. The predicted molar refractivity (Wildman–Crippen MR) is 119 cm³/mol. The lowest BCUT2D eigenvalue weighted by Gasteiger charge is -2.43. The van der Waals surface area contributed by atoms with E-state index >= 15 is 0 Å². The standard InChI is InChI=1S/C24H27N5O2/c1-27-21-15-19(7-8-20(21)16-26-27)17-3-5-18(6-4-17)22(30)28-11-13-29(14-12-28)23(31)24(25)9-2-10-24/h3-8,15-16H,2,9-14,25H2,1H3. The zero-order valence-corrected chi connectivity index (χ0v) is 17.8. The van der Waals surface area contributed by atoms with Crippen LogP contribution < -0.4 is 5.73 Å². The van der Waals surface area contributed by atoms with Gasteiger partial charge >= 0.3 is 0 Å². The molecule has 5 rings (SSSR count). The van der Waals surface area contributed by atoms with Gasteiger partial charge in [-0.05, 0) is 48.6 Å². The first-order valence-corrected chi connectivity index (χ1v) is 10.8. The Hall–Kier alpha value is -3.19. The number of fused-ring (bicyclic) bond motifs is 1. The summed E-state index contributed by atoms with van der Waals surface area (Å²) in [4.78, 5) is 29.2. The monoisotopic (exact) mass is 417 g/mol. The molecular weight excluding hydrogens is 390 g/mol. The van der Waals surface area contributed by atoms with E-state index in [2.05, 4.69) is 23.3 Å². The van der Waals surface area contributed by atoms with Crippen LogP contribution in [0.4, 0.5) is 0 Å². The van der Waals surface area contributed by atoms with E-state index in [9.17, 15) is 9.59 Å². The molecule has 1 aliphatic heterocycles. The smallest absolute Gasteiger partial charge is 0.253 e. The maximum Gasteiger partial charge on any atom is 0.253 e. The van der Waals surface area contributed by atoms with Gasteiger partial charge in [-0.2, -0.15) is 5.10 Å². The van der Waals surface area contributed by atoms with E-state index in [0.29, 0.717) is 31.7 Å². The lowest BCUT2D eigenvalue weighted by molar-refractivity contribution is -0.141. The van der Waals surface area contributed by atoms with Crippen molar-refractivity contribution in [2.75, 3.05) is 26.2 Å². The molecule has 3 aromatic rings. The summed E-state index contributed by atoms with van der Waals surface area (Å²) in [6.45, 7) is 2.18. The minimum Gasteiger partial charge on any atom is -0.338 e. The maximum absolute atomic E-state index is 13.0. The van der Waals surface area contributed by atoms with Gasteiger partial charge in [0.2, 0.25) is 5.91 Å². The molecule has 2 aromatic carbocycles. The van der Waals surface area contributed by atoms with E-state index in [0.717, 1.165) is 41.3 Å². The molecular formula is C24H27N5O2. The number of aromatic nitrogens is 2. The minimum atomic E-state index is -0.666. The van der Waals surface area contributed by atoms with Gasteiger partial charge in [0, 0.05) is 44.2 Å². The predicted octanol–water partition coefficient (Wildman–Crippen LogP) is 2.41. The van der Waals surface area contributed by atoms with Gasteiger partial charge in [-0.1, -0.05) is 24.3 Å². The number of carbonyl (C=O) groups is 2. The van der Waals surface area contributed by atoms with Gasteiger partial charge in [0.1, 0.15) is 0 Å². The van der Waals surface area contributed by atoms with Gasteiger partial charge in [0.05, 0.1) is 17.3 Å². The van der Waals surface area contributed by atoms with Crippen LogP contribution in [0.3, 0.4) is 0 Å². The maximum atomic E-state index is 13.0. The normalized spacial score (nSPS) is 18.1. The number of piperazine rings is 1. The minimum absolute atomic E-state index is 0.00633. The average Bonchev–Trinajstić information content (AvgIpc) is 3.17. The van der Waals surface area contributed by atoms with Crippen molar-refractivity contribution in [3.05, 3.63) is 54.2 Å². The Morgan fingerprint density at radius 2 is 1.58 bits per heavy atom. The highest BCUT2D eigenvalue weighted by atomic mass is 16.2. The topological polar surface area (TPSA) is 84.5 Å². The largest absolute Gasteiger partial charge is 0.338 e. The van der Waals surface area contributed by atoms with E-state index in [-0.39, 0.29) is 11.8 Å². The van der Waals surface area contributed by atoms with Crippen LogP contribution in [0.15, 0.2) is 48.7 Å². The number of nitrogens with zero attached hydrogens (tertiary/aromatic N) is 4. The van der Waals surface area contributed by atoms with Crippen molar-refractivity contribution in [1.82, 2.24) is 19.6 Å². The van der Waals surface area contributed by atoms with Gasteiger partial charge in [0.25, 0.3) is 5.91 Å². The molecule has 1 aliphatic carbocycles. The Morgan fingerprint density at radius 1 is 0.935 bits per heavy atom. The molecule has 1 saturated heterocycles. The lowest BCUT2D eigenvalue weighted by Crippen LogP contribution is -2.62. The van der Waals surface area contributed by atoms with Crippen LogP contribution in [0.25, 0.3) is 22.0 Å². The fraction of sp³-hybridized carbons (Fsp3) is 0.375. The first kappa shape index (κ1) is 19.8. The molecule has 31 heavy (non-hydrogen) atoms. The third-order valence-electron chi connectivity index (χ3n) is 6.74. The molecule has 0 bridgehead atoms. The van der Waals surface area contributed by atoms with E-state index in [1.807, 2.05) is 52.0 Å². The molecule has 0 atom stereocenters. The second-order valence-electron chi connectivity index (χ2n) is 8.71. The Balaban J connectivity index is 1.25. The third-order valence-corrected chi connectivity index (χ3v) is 6.74. The highest BCUT2D eigenvalue weighted by molar-refractivity contribution is 5.95. The fourth-order valence-corrected chi connectivity index (χ4v) is 4.51. The molecule has 1 aromatic heterocycles.